The summed E-state index contributed by atoms with van der Waals surface area (Å²) in [7, 11) is -5.59. The molecule has 41 heavy (non-hydrogen) atoms. The highest BCUT2D eigenvalue weighted by molar-refractivity contribution is 7.54. The van der Waals surface area contributed by atoms with Crippen LogP contribution in [0.1, 0.15) is 38.8 Å². The van der Waals surface area contributed by atoms with Gasteiger partial charge in [-0.25, -0.2) is 14.4 Å². The monoisotopic (exact) mass is 628 g/mol. The molecule has 0 aliphatic rings. The van der Waals surface area contributed by atoms with Crippen LogP contribution in [0.2, 0.25) is 10.0 Å². The van der Waals surface area contributed by atoms with Crippen molar-refractivity contribution in [2.24, 2.45) is 0 Å². The number of carbonyl (C=O) groups excluding carboxylic acids is 2. The molecule has 0 saturated heterocycles. The first kappa shape index (κ1) is 31.9. The average molecular weight is 629 g/mol. The third kappa shape index (κ3) is 8.00. The van der Waals surface area contributed by atoms with Crippen molar-refractivity contribution in [1.29, 1.82) is 0 Å². The summed E-state index contributed by atoms with van der Waals surface area (Å²) in [5.74, 6) is -3.35. The van der Waals surface area contributed by atoms with Crippen molar-refractivity contribution < 1.29 is 51.4 Å². The van der Waals surface area contributed by atoms with Gasteiger partial charge in [-0.05, 0) is 42.3 Å². The molecule has 0 radical (unpaired) electrons. The fourth-order valence-corrected chi connectivity index (χ4v) is 4.94. The van der Waals surface area contributed by atoms with Crippen molar-refractivity contribution in [3.63, 3.8) is 0 Å². The van der Waals surface area contributed by atoms with Gasteiger partial charge >= 0.3 is 31.2 Å². The van der Waals surface area contributed by atoms with E-state index in [9.17, 15) is 18.9 Å². The summed E-state index contributed by atoms with van der Waals surface area (Å²) in [4.78, 5) is 35.5. The molecule has 0 amide bonds. The number of esters is 2. The molecule has 9 nitrogen and oxygen atoms in total. The van der Waals surface area contributed by atoms with E-state index in [0.717, 1.165) is 18.2 Å². The molecule has 14 heteroatoms. The summed E-state index contributed by atoms with van der Waals surface area (Å²) in [6, 6.07) is 15.6. The van der Waals surface area contributed by atoms with Crippen molar-refractivity contribution in [3.05, 3.63) is 111 Å². The molecular formula is C27H21Cl2F2O9P. The summed E-state index contributed by atoms with van der Waals surface area (Å²) in [6.07, 6.45) is 0.880. The van der Waals surface area contributed by atoms with E-state index in [1.165, 1.54) is 55.5 Å². The van der Waals surface area contributed by atoms with Gasteiger partial charge in [0.1, 0.15) is 0 Å². The number of carbonyl (C=O) groups is 3. The quantitative estimate of drug-likeness (QED) is 0.0945. The van der Waals surface area contributed by atoms with Gasteiger partial charge in [0.15, 0.2) is 0 Å². The zero-order chi connectivity index (χ0) is 30.2. The second-order valence-electron chi connectivity index (χ2n) is 8.10. The molecule has 0 aliphatic heterocycles. The van der Waals surface area contributed by atoms with Gasteiger partial charge in [-0.3, -0.25) is 13.6 Å². The van der Waals surface area contributed by atoms with E-state index in [2.05, 4.69) is 0 Å². The summed E-state index contributed by atoms with van der Waals surface area (Å²) in [5, 5.41) is 8.93. The Labute approximate surface area is 242 Å². The van der Waals surface area contributed by atoms with Crippen LogP contribution in [0, 0.1) is 0 Å². The number of rotatable bonds is 12. The lowest BCUT2D eigenvalue weighted by molar-refractivity contribution is -0.131. The van der Waals surface area contributed by atoms with Gasteiger partial charge in [0.2, 0.25) is 13.6 Å². The van der Waals surface area contributed by atoms with Crippen molar-refractivity contribution in [1.82, 2.24) is 0 Å². The Bertz CT molecular complexity index is 1440. The van der Waals surface area contributed by atoms with Gasteiger partial charge in [-0.1, -0.05) is 71.7 Å². The molecule has 0 heterocycles. The van der Waals surface area contributed by atoms with Crippen molar-refractivity contribution in [3.8, 4) is 0 Å². The summed E-state index contributed by atoms with van der Waals surface area (Å²) < 4.78 is 64.0. The number of carboxylic acids is 1. The number of hydrogen-bond acceptors (Lipinski definition) is 8. The minimum Gasteiger partial charge on any atom is -0.478 e. The van der Waals surface area contributed by atoms with Gasteiger partial charge in [-0.15, -0.1) is 0 Å². The number of hydrogen-bond donors (Lipinski definition) is 1. The Morgan fingerprint density at radius 2 is 1.27 bits per heavy atom. The first-order valence-corrected chi connectivity index (χ1v) is 13.8. The molecule has 3 aromatic rings. The summed E-state index contributed by atoms with van der Waals surface area (Å²) >= 11 is 11.9. The molecule has 0 bridgehead atoms. The Morgan fingerprint density at radius 1 is 0.829 bits per heavy atom. The lowest BCUT2D eigenvalue weighted by Crippen LogP contribution is -2.21. The fraction of sp³-hybridized carbons (Fsp3) is 0.148. The number of benzene rings is 3. The molecule has 0 aromatic heterocycles. The molecule has 0 aliphatic carbocycles. The highest BCUT2D eigenvalue weighted by Gasteiger charge is 2.55. The number of alkyl halides is 2. The Balaban J connectivity index is 1.82. The Hall–Kier alpha value is -3.60. The molecule has 0 atom stereocenters. The number of aliphatic carboxylic acids is 1. The molecule has 3 rings (SSSR count). The van der Waals surface area contributed by atoms with Crippen LogP contribution in [0.5, 0.6) is 0 Å². The fourth-order valence-electron chi connectivity index (χ4n) is 3.27. The van der Waals surface area contributed by atoms with E-state index >= 15 is 8.78 Å². The van der Waals surface area contributed by atoms with Gasteiger partial charge in [0.25, 0.3) is 0 Å². The molecule has 0 fully saturated rings. The molecular weight excluding hydrogens is 608 g/mol. The second-order valence-corrected chi connectivity index (χ2v) is 11.0. The van der Waals surface area contributed by atoms with Crippen LogP contribution in [0.4, 0.5) is 8.78 Å². The Kier molecular flexibility index (Phi) is 10.8. The molecule has 3 aromatic carbocycles. The SMILES string of the molecule is C/C(=C/C(=O)O)c1ccc(C(F)(F)P(=O)(OCOC(=O)c2ccccc2Cl)OCOC(=O)c2ccccc2Cl)cc1. The first-order valence-electron chi connectivity index (χ1n) is 11.5. The standard InChI is InChI=1S/C27H21Cl2F2O9P/c1-17(14-24(32)33)18-10-12-19(13-11-18)27(30,31)41(36,39-15-37-25(34)20-6-2-4-8-22(20)28)40-16-38-26(35)21-7-3-5-9-23(21)29/h2-14H,15-16H2,1H3,(H,32,33)/b17-14-. The van der Waals surface area contributed by atoms with Gasteiger partial charge in [0.05, 0.1) is 21.2 Å². The second kappa shape index (κ2) is 13.8. The Morgan fingerprint density at radius 3 is 1.68 bits per heavy atom. The van der Waals surface area contributed by atoms with Gasteiger partial charge < -0.3 is 14.6 Å². The lowest BCUT2D eigenvalue weighted by atomic mass is 10.1. The van der Waals surface area contributed by atoms with Crippen molar-refractivity contribution >= 4 is 54.3 Å². The summed E-state index contributed by atoms with van der Waals surface area (Å²) in [5.41, 5.74) is -4.85. The normalized spacial score (nSPS) is 12.1. The largest absolute Gasteiger partial charge is 0.478 e. The number of halogens is 4. The zero-order valence-corrected chi connectivity index (χ0v) is 23.5. The van der Waals surface area contributed by atoms with Crippen LogP contribution in [0.25, 0.3) is 5.57 Å². The van der Waals surface area contributed by atoms with Gasteiger partial charge in [-0.2, -0.15) is 8.78 Å². The number of allylic oxidation sites excluding steroid dienone is 1. The van der Waals surface area contributed by atoms with E-state index in [1.54, 1.807) is 12.1 Å². The maximum absolute atomic E-state index is 15.6. The van der Waals surface area contributed by atoms with E-state index in [4.69, 9.17) is 46.8 Å². The highest BCUT2D eigenvalue weighted by atomic mass is 35.5. The number of carboxylic acid groups (broad SMARTS) is 1. The maximum Gasteiger partial charge on any atom is 0.410 e. The van der Waals surface area contributed by atoms with E-state index in [1.807, 2.05) is 0 Å². The van der Waals surface area contributed by atoms with E-state index in [0.29, 0.717) is 5.56 Å². The smallest absolute Gasteiger partial charge is 0.410 e. The first-order chi connectivity index (χ1) is 19.4. The minimum atomic E-state index is -5.59. The average Bonchev–Trinajstić information content (AvgIpc) is 2.93. The van der Waals surface area contributed by atoms with E-state index in [-0.39, 0.29) is 26.7 Å². The molecule has 0 unspecified atom stereocenters. The van der Waals surface area contributed by atoms with Crippen molar-refractivity contribution in [2.45, 2.75) is 12.6 Å². The predicted molar refractivity (Wildman–Crippen MR) is 145 cm³/mol. The van der Waals surface area contributed by atoms with Crippen LogP contribution in [-0.2, 0) is 33.5 Å². The molecule has 216 valence electrons. The van der Waals surface area contributed by atoms with Crippen molar-refractivity contribution in [2.75, 3.05) is 13.6 Å². The topological polar surface area (TPSA) is 125 Å². The zero-order valence-electron chi connectivity index (χ0n) is 21.1. The minimum absolute atomic E-state index is 0.0149. The van der Waals surface area contributed by atoms with Gasteiger partial charge in [0, 0.05) is 11.6 Å². The highest BCUT2D eigenvalue weighted by Crippen LogP contribution is 2.66. The number of ether oxygens (including phenoxy) is 2. The third-order valence-corrected chi connectivity index (χ3v) is 7.88. The van der Waals surface area contributed by atoms with Crippen LogP contribution in [-0.4, -0.2) is 36.6 Å². The maximum atomic E-state index is 15.6. The van der Waals surface area contributed by atoms with Crippen LogP contribution < -0.4 is 0 Å². The van der Waals surface area contributed by atoms with Crippen LogP contribution in [0.3, 0.4) is 0 Å². The third-order valence-electron chi connectivity index (χ3n) is 5.38. The predicted octanol–water partition coefficient (Wildman–Crippen LogP) is 7.39. The van der Waals surface area contributed by atoms with Crippen LogP contribution >= 0.6 is 30.8 Å². The van der Waals surface area contributed by atoms with E-state index < -0.39 is 50.3 Å². The lowest BCUT2D eigenvalue weighted by Gasteiger charge is -2.26. The molecule has 1 N–H and O–H groups in total. The molecule has 0 saturated carbocycles. The van der Waals surface area contributed by atoms with Crippen LogP contribution in [0.15, 0.2) is 78.9 Å². The molecule has 0 spiro atoms. The summed E-state index contributed by atoms with van der Waals surface area (Å²) in [6.45, 7) is -1.03.